The van der Waals surface area contributed by atoms with Crippen molar-refractivity contribution in [2.24, 2.45) is 0 Å². The SMILES string of the molecule is COCCNC(=O)c1ccc(NC(=O)NCc2ccncc2)cc1. The number of carbonyl (C=O) groups excluding carboxylic acids is 2. The molecule has 0 radical (unpaired) electrons. The Kier molecular flexibility index (Phi) is 6.73. The third kappa shape index (κ3) is 5.69. The summed E-state index contributed by atoms with van der Waals surface area (Å²) in [6.07, 6.45) is 3.34. The first-order chi connectivity index (χ1) is 11.7. The van der Waals surface area contributed by atoms with E-state index in [9.17, 15) is 9.59 Å². The predicted octanol–water partition coefficient (Wildman–Crippen LogP) is 1.78. The first-order valence-electron chi connectivity index (χ1n) is 7.50. The lowest BCUT2D eigenvalue weighted by molar-refractivity contribution is 0.0937. The number of nitrogens with zero attached hydrogens (tertiary/aromatic N) is 1. The Bertz CT molecular complexity index is 659. The van der Waals surface area contributed by atoms with E-state index in [0.29, 0.717) is 30.9 Å². The number of hydrogen-bond donors (Lipinski definition) is 3. The van der Waals surface area contributed by atoms with Crippen molar-refractivity contribution in [1.29, 1.82) is 0 Å². The van der Waals surface area contributed by atoms with Crippen LogP contribution in [0.25, 0.3) is 0 Å². The number of pyridine rings is 1. The molecule has 1 aromatic carbocycles. The maximum Gasteiger partial charge on any atom is 0.319 e. The second-order valence-corrected chi connectivity index (χ2v) is 4.99. The third-order valence-corrected chi connectivity index (χ3v) is 3.20. The molecule has 24 heavy (non-hydrogen) atoms. The second kappa shape index (κ2) is 9.26. The summed E-state index contributed by atoms with van der Waals surface area (Å²) in [5, 5.41) is 8.19. The van der Waals surface area contributed by atoms with E-state index in [-0.39, 0.29) is 11.9 Å². The van der Waals surface area contributed by atoms with Crippen LogP contribution in [0.5, 0.6) is 0 Å². The van der Waals surface area contributed by atoms with Gasteiger partial charge in [-0.05, 0) is 42.0 Å². The normalized spacial score (nSPS) is 10.0. The fourth-order valence-corrected chi connectivity index (χ4v) is 1.93. The number of aromatic nitrogens is 1. The Morgan fingerprint density at radius 1 is 1.04 bits per heavy atom. The average Bonchev–Trinajstić information content (AvgIpc) is 2.61. The van der Waals surface area contributed by atoms with E-state index < -0.39 is 0 Å². The highest BCUT2D eigenvalue weighted by molar-refractivity contribution is 5.95. The van der Waals surface area contributed by atoms with Gasteiger partial charge in [0.2, 0.25) is 0 Å². The predicted molar refractivity (Wildman–Crippen MR) is 90.7 cm³/mol. The standard InChI is InChI=1S/C17H20N4O3/c1-24-11-10-19-16(22)14-2-4-15(5-3-14)21-17(23)20-12-13-6-8-18-9-7-13/h2-9H,10-12H2,1H3,(H,19,22)(H2,20,21,23). The molecule has 3 amide bonds. The van der Waals surface area contributed by atoms with Gasteiger partial charge in [0.25, 0.3) is 5.91 Å². The zero-order valence-corrected chi connectivity index (χ0v) is 13.4. The molecule has 0 saturated carbocycles. The Morgan fingerprint density at radius 3 is 2.42 bits per heavy atom. The van der Waals surface area contributed by atoms with Crippen LogP contribution in [0.2, 0.25) is 0 Å². The van der Waals surface area contributed by atoms with E-state index in [1.54, 1.807) is 43.8 Å². The van der Waals surface area contributed by atoms with Crippen molar-refractivity contribution in [3.8, 4) is 0 Å². The highest BCUT2D eigenvalue weighted by Gasteiger charge is 2.06. The molecule has 0 fully saturated rings. The van der Waals surface area contributed by atoms with Crippen molar-refractivity contribution in [3.63, 3.8) is 0 Å². The molecular weight excluding hydrogens is 308 g/mol. The monoisotopic (exact) mass is 328 g/mol. The molecule has 0 aliphatic rings. The van der Waals surface area contributed by atoms with Crippen LogP contribution in [-0.2, 0) is 11.3 Å². The van der Waals surface area contributed by atoms with Gasteiger partial charge in [-0.25, -0.2) is 4.79 Å². The quantitative estimate of drug-likeness (QED) is 0.676. The zero-order chi connectivity index (χ0) is 17.2. The van der Waals surface area contributed by atoms with Crippen molar-refractivity contribution >= 4 is 17.6 Å². The first-order valence-corrected chi connectivity index (χ1v) is 7.50. The van der Waals surface area contributed by atoms with E-state index >= 15 is 0 Å². The van der Waals surface area contributed by atoms with Crippen LogP contribution >= 0.6 is 0 Å². The Labute approximate surface area is 140 Å². The van der Waals surface area contributed by atoms with E-state index in [0.717, 1.165) is 5.56 Å². The minimum Gasteiger partial charge on any atom is -0.383 e. The highest BCUT2D eigenvalue weighted by atomic mass is 16.5. The molecule has 0 spiro atoms. The maximum absolute atomic E-state index is 11.8. The van der Waals surface area contributed by atoms with E-state index in [2.05, 4.69) is 20.9 Å². The van der Waals surface area contributed by atoms with Gasteiger partial charge in [-0.2, -0.15) is 0 Å². The second-order valence-electron chi connectivity index (χ2n) is 4.99. The number of benzene rings is 1. The lowest BCUT2D eigenvalue weighted by Crippen LogP contribution is -2.28. The zero-order valence-electron chi connectivity index (χ0n) is 13.4. The van der Waals surface area contributed by atoms with Gasteiger partial charge in [-0.3, -0.25) is 9.78 Å². The lowest BCUT2D eigenvalue weighted by atomic mass is 10.2. The maximum atomic E-state index is 11.8. The summed E-state index contributed by atoms with van der Waals surface area (Å²) in [6.45, 7) is 1.32. The molecule has 7 heteroatoms. The molecule has 2 aromatic rings. The smallest absolute Gasteiger partial charge is 0.319 e. The number of urea groups is 1. The van der Waals surface area contributed by atoms with Crippen molar-refractivity contribution in [2.75, 3.05) is 25.6 Å². The summed E-state index contributed by atoms with van der Waals surface area (Å²) in [4.78, 5) is 27.6. The topological polar surface area (TPSA) is 92.4 Å². The molecule has 2 rings (SSSR count). The van der Waals surface area contributed by atoms with Crippen molar-refractivity contribution in [2.45, 2.75) is 6.54 Å². The number of hydrogen-bond acceptors (Lipinski definition) is 4. The largest absolute Gasteiger partial charge is 0.383 e. The Morgan fingerprint density at radius 2 is 1.75 bits per heavy atom. The summed E-state index contributed by atoms with van der Waals surface area (Å²) >= 11 is 0. The first kappa shape index (κ1) is 17.4. The van der Waals surface area contributed by atoms with E-state index in [1.807, 2.05) is 12.1 Å². The van der Waals surface area contributed by atoms with Crippen LogP contribution in [0, 0.1) is 0 Å². The highest BCUT2D eigenvalue weighted by Crippen LogP contribution is 2.09. The fraction of sp³-hybridized carbons (Fsp3) is 0.235. The summed E-state index contributed by atoms with van der Waals surface area (Å²) in [7, 11) is 1.58. The summed E-state index contributed by atoms with van der Waals surface area (Å²) in [5.74, 6) is -0.180. The van der Waals surface area contributed by atoms with Crippen LogP contribution in [0.3, 0.4) is 0 Å². The van der Waals surface area contributed by atoms with Gasteiger partial charge in [-0.1, -0.05) is 0 Å². The van der Waals surface area contributed by atoms with Gasteiger partial charge in [0.15, 0.2) is 0 Å². The molecule has 3 N–H and O–H groups in total. The molecular formula is C17H20N4O3. The molecule has 7 nitrogen and oxygen atoms in total. The molecule has 126 valence electrons. The molecule has 0 bridgehead atoms. The number of nitrogens with one attached hydrogen (secondary N) is 3. The van der Waals surface area contributed by atoms with E-state index in [1.165, 1.54) is 0 Å². The molecule has 0 saturated heterocycles. The van der Waals surface area contributed by atoms with Crippen molar-refractivity contribution in [3.05, 3.63) is 59.9 Å². The van der Waals surface area contributed by atoms with Gasteiger partial charge in [0, 0.05) is 43.8 Å². The molecule has 0 atom stereocenters. The molecule has 1 aromatic heterocycles. The molecule has 0 unspecified atom stereocenters. The van der Waals surface area contributed by atoms with Gasteiger partial charge >= 0.3 is 6.03 Å². The van der Waals surface area contributed by atoms with Crippen LogP contribution in [-0.4, -0.2) is 37.2 Å². The lowest BCUT2D eigenvalue weighted by Gasteiger charge is -2.09. The van der Waals surface area contributed by atoms with Crippen LogP contribution in [0.15, 0.2) is 48.8 Å². The van der Waals surface area contributed by atoms with Crippen LogP contribution in [0.4, 0.5) is 10.5 Å². The van der Waals surface area contributed by atoms with Gasteiger partial charge in [0.05, 0.1) is 6.61 Å². The minimum absolute atomic E-state index is 0.180. The van der Waals surface area contributed by atoms with Crippen molar-refractivity contribution < 1.29 is 14.3 Å². The number of ether oxygens (including phenoxy) is 1. The van der Waals surface area contributed by atoms with Crippen molar-refractivity contribution in [1.82, 2.24) is 15.6 Å². The fourth-order valence-electron chi connectivity index (χ4n) is 1.93. The average molecular weight is 328 g/mol. The van der Waals surface area contributed by atoms with Gasteiger partial charge in [0.1, 0.15) is 0 Å². The summed E-state index contributed by atoms with van der Waals surface area (Å²) in [6, 6.07) is 10.0. The number of methoxy groups -OCH3 is 1. The summed E-state index contributed by atoms with van der Waals surface area (Å²) in [5.41, 5.74) is 2.09. The summed E-state index contributed by atoms with van der Waals surface area (Å²) < 4.78 is 4.87. The third-order valence-electron chi connectivity index (χ3n) is 3.20. The molecule has 0 aliphatic carbocycles. The van der Waals surface area contributed by atoms with Crippen LogP contribution < -0.4 is 16.0 Å². The number of rotatable bonds is 7. The Balaban J connectivity index is 1.80. The number of anilines is 1. The van der Waals surface area contributed by atoms with Crippen LogP contribution in [0.1, 0.15) is 15.9 Å². The number of amides is 3. The Hall–Kier alpha value is -2.93. The number of carbonyl (C=O) groups is 2. The molecule has 0 aliphatic heterocycles. The molecule has 1 heterocycles. The van der Waals surface area contributed by atoms with Gasteiger partial charge in [-0.15, -0.1) is 0 Å². The van der Waals surface area contributed by atoms with E-state index in [4.69, 9.17) is 4.74 Å². The van der Waals surface area contributed by atoms with Gasteiger partial charge < -0.3 is 20.7 Å². The minimum atomic E-state index is -0.316.